The lowest BCUT2D eigenvalue weighted by atomic mass is 10.1. The molecule has 0 aliphatic heterocycles. The summed E-state index contributed by atoms with van der Waals surface area (Å²) in [7, 11) is 0. The van der Waals surface area contributed by atoms with Gasteiger partial charge in [-0.25, -0.2) is 4.79 Å². The van der Waals surface area contributed by atoms with Crippen LogP contribution in [0.1, 0.15) is 16.7 Å². The molecule has 0 spiro atoms. The van der Waals surface area contributed by atoms with Crippen LogP contribution in [0.25, 0.3) is 12.2 Å². The van der Waals surface area contributed by atoms with Crippen molar-refractivity contribution in [3.05, 3.63) is 65.5 Å². The third-order valence-corrected chi connectivity index (χ3v) is 2.88. The van der Waals surface area contributed by atoms with E-state index in [2.05, 4.69) is 25.1 Å². The normalized spacial score (nSPS) is 10.2. The molecule has 0 aliphatic rings. The highest BCUT2D eigenvalue weighted by molar-refractivity contribution is 5.70. The molecule has 0 atom stereocenters. The van der Waals surface area contributed by atoms with E-state index < -0.39 is 5.97 Å². The van der Waals surface area contributed by atoms with Gasteiger partial charge in [0.2, 0.25) is 6.54 Å². The maximum atomic E-state index is 10.6. The van der Waals surface area contributed by atoms with Crippen molar-refractivity contribution in [2.24, 2.45) is 0 Å². The molecule has 0 amide bonds. The molecular formula is C16H16ClNO2. The van der Waals surface area contributed by atoms with E-state index in [1.807, 2.05) is 30.3 Å². The first-order valence-electron chi connectivity index (χ1n) is 6.10. The maximum Gasteiger partial charge on any atom is 0.370 e. The summed E-state index contributed by atoms with van der Waals surface area (Å²) in [5, 5.41) is 8.68. The van der Waals surface area contributed by atoms with Gasteiger partial charge in [-0.3, -0.25) is 0 Å². The van der Waals surface area contributed by atoms with Crippen molar-refractivity contribution < 1.29 is 26.9 Å². The fourth-order valence-corrected chi connectivity index (χ4v) is 1.80. The Hall–Kier alpha value is -2.13. The van der Waals surface area contributed by atoms with E-state index in [1.165, 1.54) is 11.1 Å². The number of nitrogens with zero attached hydrogens (tertiary/aromatic N) is 1. The molecule has 1 N–H and O–H groups in total. The Morgan fingerprint density at radius 2 is 1.80 bits per heavy atom. The van der Waals surface area contributed by atoms with Gasteiger partial charge in [0.1, 0.15) is 0 Å². The average molecular weight is 290 g/mol. The highest BCUT2D eigenvalue weighted by atomic mass is 35.5. The van der Waals surface area contributed by atoms with Gasteiger partial charge >= 0.3 is 5.97 Å². The molecule has 20 heavy (non-hydrogen) atoms. The van der Waals surface area contributed by atoms with Crippen LogP contribution in [-0.4, -0.2) is 11.1 Å². The van der Waals surface area contributed by atoms with E-state index in [0.29, 0.717) is 0 Å². The summed E-state index contributed by atoms with van der Waals surface area (Å²) in [5.74, 6) is -0.840. The zero-order chi connectivity index (χ0) is 13.7. The van der Waals surface area contributed by atoms with Crippen molar-refractivity contribution in [2.45, 2.75) is 13.5 Å². The minimum Gasteiger partial charge on any atom is -1.00 e. The highest BCUT2D eigenvalue weighted by Gasteiger charge is 2.05. The molecule has 0 unspecified atom stereocenters. The third kappa shape index (κ3) is 4.52. The number of hydrogen-bond donors (Lipinski definition) is 1. The van der Waals surface area contributed by atoms with Gasteiger partial charge in [-0.1, -0.05) is 36.4 Å². The standard InChI is InChI=1S/C16H15NO2.ClH/c1-13-4-2-3-5-15(13)7-6-14-8-10-17(11-9-14)12-16(18)19;/h2-11H,12H2,1H3;1H/b7-6-;. The van der Waals surface area contributed by atoms with Gasteiger partial charge in [0.15, 0.2) is 12.4 Å². The fraction of sp³-hybridized carbons (Fsp3) is 0.125. The quantitative estimate of drug-likeness (QED) is 0.774. The van der Waals surface area contributed by atoms with Crippen molar-refractivity contribution >= 4 is 18.1 Å². The highest BCUT2D eigenvalue weighted by Crippen LogP contribution is 2.11. The number of carboxylic acids is 1. The first-order valence-corrected chi connectivity index (χ1v) is 6.10. The number of carboxylic acid groups (broad SMARTS) is 1. The van der Waals surface area contributed by atoms with E-state index >= 15 is 0 Å². The molecule has 4 heteroatoms. The molecule has 0 radical (unpaired) electrons. The van der Waals surface area contributed by atoms with Crippen LogP contribution in [0.4, 0.5) is 0 Å². The molecule has 1 heterocycles. The van der Waals surface area contributed by atoms with Crippen LogP contribution in [0.15, 0.2) is 48.8 Å². The molecule has 0 saturated heterocycles. The molecule has 2 aromatic rings. The van der Waals surface area contributed by atoms with Crippen LogP contribution in [0.5, 0.6) is 0 Å². The minimum absolute atomic E-state index is 0. The molecule has 0 bridgehead atoms. The number of pyridine rings is 1. The summed E-state index contributed by atoms with van der Waals surface area (Å²) in [6, 6.07) is 12.0. The van der Waals surface area contributed by atoms with E-state index in [1.54, 1.807) is 17.0 Å². The number of aromatic nitrogens is 1. The zero-order valence-corrected chi connectivity index (χ0v) is 11.9. The van der Waals surface area contributed by atoms with Crippen LogP contribution in [0.3, 0.4) is 0 Å². The second kappa shape index (κ2) is 7.46. The summed E-state index contributed by atoms with van der Waals surface area (Å²) in [5.41, 5.74) is 3.46. The van der Waals surface area contributed by atoms with Gasteiger partial charge in [0.25, 0.3) is 0 Å². The van der Waals surface area contributed by atoms with Crippen LogP contribution in [-0.2, 0) is 11.3 Å². The summed E-state index contributed by atoms with van der Waals surface area (Å²) in [4.78, 5) is 10.6. The van der Waals surface area contributed by atoms with Crippen molar-refractivity contribution in [1.82, 2.24) is 0 Å². The summed E-state index contributed by atoms with van der Waals surface area (Å²) < 4.78 is 1.63. The Kier molecular flexibility index (Phi) is 5.94. The predicted molar refractivity (Wildman–Crippen MR) is 74.4 cm³/mol. The predicted octanol–water partition coefficient (Wildman–Crippen LogP) is -0.458. The lowest BCUT2D eigenvalue weighted by Gasteiger charge is -1.98. The number of rotatable bonds is 4. The number of aliphatic carboxylic acids is 1. The second-order valence-electron chi connectivity index (χ2n) is 4.39. The van der Waals surface area contributed by atoms with Crippen molar-refractivity contribution in [3.8, 4) is 0 Å². The topological polar surface area (TPSA) is 41.2 Å². The van der Waals surface area contributed by atoms with Gasteiger partial charge in [-0.15, -0.1) is 0 Å². The Morgan fingerprint density at radius 1 is 1.15 bits per heavy atom. The van der Waals surface area contributed by atoms with Crippen LogP contribution in [0, 0.1) is 6.92 Å². The maximum absolute atomic E-state index is 10.6. The Bertz CT molecular complexity index is 606. The molecule has 0 saturated carbocycles. The SMILES string of the molecule is Cc1ccccc1/C=C\c1cc[n+](CC(=O)O)cc1.[Cl-]. The largest absolute Gasteiger partial charge is 1.00 e. The number of aryl methyl sites for hydroxylation is 1. The molecule has 1 aromatic heterocycles. The smallest absolute Gasteiger partial charge is 0.370 e. The van der Waals surface area contributed by atoms with Gasteiger partial charge in [0.05, 0.1) is 0 Å². The van der Waals surface area contributed by atoms with Gasteiger partial charge < -0.3 is 17.5 Å². The monoisotopic (exact) mass is 289 g/mol. The van der Waals surface area contributed by atoms with Gasteiger partial charge in [-0.2, -0.15) is 4.57 Å². The number of hydrogen-bond acceptors (Lipinski definition) is 1. The summed E-state index contributed by atoms with van der Waals surface area (Å²) in [6.07, 6.45) is 7.62. The molecule has 2 rings (SSSR count). The second-order valence-corrected chi connectivity index (χ2v) is 4.39. The lowest BCUT2D eigenvalue weighted by molar-refractivity contribution is -0.685. The molecule has 1 aromatic carbocycles. The first kappa shape index (κ1) is 15.9. The third-order valence-electron chi connectivity index (χ3n) is 2.88. The first-order chi connectivity index (χ1) is 9.15. The van der Waals surface area contributed by atoms with Gasteiger partial charge in [0, 0.05) is 12.1 Å². The van der Waals surface area contributed by atoms with Crippen molar-refractivity contribution in [3.63, 3.8) is 0 Å². The molecule has 0 fully saturated rings. The Morgan fingerprint density at radius 3 is 2.40 bits per heavy atom. The lowest BCUT2D eigenvalue weighted by Crippen LogP contribution is -3.00. The van der Waals surface area contributed by atoms with Crippen molar-refractivity contribution in [2.75, 3.05) is 0 Å². The minimum atomic E-state index is -0.840. The Labute approximate surface area is 124 Å². The molecule has 104 valence electrons. The molecular weight excluding hydrogens is 274 g/mol. The van der Waals surface area contributed by atoms with E-state index in [4.69, 9.17) is 5.11 Å². The average Bonchev–Trinajstić information content (AvgIpc) is 2.39. The number of benzene rings is 1. The summed E-state index contributed by atoms with van der Waals surface area (Å²) >= 11 is 0. The van der Waals surface area contributed by atoms with Gasteiger partial charge in [-0.05, 0) is 23.6 Å². The van der Waals surface area contributed by atoms with E-state index in [-0.39, 0.29) is 19.0 Å². The fourth-order valence-electron chi connectivity index (χ4n) is 1.80. The van der Waals surface area contributed by atoms with Crippen molar-refractivity contribution in [1.29, 1.82) is 0 Å². The molecule has 0 aliphatic carbocycles. The number of carbonyl (C=O) groups is 1. The van der Waals surface area contributed by atoms with Crippen LogP contribution < -0.4 is 17.0 Å². The molecule has 3 nitrogen and oxygen atoms in total. The number of halogens is 1. The summed E-state index contributed by atoms with van der Waals surface area (Å²) in [6.45, 7) is 2.06. The Balaban J connectivity index is 0.00000200. The zero-order valence-electron chi connectivity index (χ0n) is 11.2. The van der Waals surface area contributed by atoms with Crippen LogP contribution in [0.2, 0.25) is 0 Å². The van der Waals surface area contributed by atoms with E-state index in [0.717, 1.165) is 5.56 Å². The van der Waals surface area contributed by atoms with E-state index in [9.17, 15) is 4.79 Å². The van der Waals surface area contributed by atoms with Crippen LogP contribution >= 0.6 is 0 Å².